The molecule has 1 aliphatic carbocycles. The third kappa shape index (κ3) is 2.98. The Morgan fingerprint density at radius 1 is 1.43 bits per heavy atom. The number of aromatic nitrogens is 5. The summed E-state index contributed by atoms with van der Waals surface area (Å²) in [4.78, 5) is 22.6. The minimum absolute atomic E-state index is 0.0260. The number of nitrogens with zero attached hydrogens (tertiary/aromatic N) is 4. The molecule has 1 N–H and O–H groups in total. The average Bonchev–Trinajstić information content (AvgIpc) is 3.38. The number of H-pyrrole nitrogens is 1. The lowest BCUT2D eigenvalue weighted by Gasteiger charge is -2.17. The van der Waals surface area contributed by atoms with E-state index in [0.29, 0.717) is 29.1 Å². The quantitative estimate of drug-likeness (QED) is 0.512. The highest BCUT2D eigenvalue weighted by atomic mass is 32.2. The molecule has 1 aliphatic rings. The first-order valence-corrected chi connectivity index (χ1v) is 11.0. The van der Waals surface area contributed by atoms with Crippen molar-refractivity contribution in [3.8, 4) is 11.6 Å². The number of thioether (sulfide) groups is 1. The molecule has 4 heterocycles. The molecule has 9 heteroatoms. The first kappa shape index (κ1) is 17.7. The first-order valence-electron chi connectivity index (χ1n) is 9.19. The molecule has 0 radical (unpaired) electrons. The van der Waals surface area contributed by atoms with Crippen LogP contribution in [0.3, 0.4) is 0 Å². The second kappa shape index (κ2) is 6.89. The van der Waals surface area contributed by atoms with E-state index in [1.165, 1.54) is 22.2 Å². The number of thiophene rings is 1. The predicted molar refractivity (Wildman–Crippen MR) is 110 cm³/mol. The molecule has 0 bridgehead atoms. The van der Waals surface area contributed by atoms with E-state index in [-0.39, 0.29) is 5.56 Å². The van der Waals surface area contributed by atoms with E-state index in [4.69, 9.17) is 9.40 Å². The SMILES string of the molecule is C[C@H]1CCc2c(sc3nc(CSc4nnc(-c5ccco5)n4C)[nH]c(=O)c23)C1. The van der Waals surface area contributed by atoms with Gasteiger partial charge >= 0.3 is 0 Å². The molecule has 5 rings (SSSR count). The minimum atomic E-state index is -0.0260. The molecule has 0 spiro atoms. The number of furan rings is 1. The Morgan fingerprint density at radius 3 is 3.14 bits per heavy atom. The van der Waals surface area contributed by atoms with Crippen LogP contribution >= 0.6 is 23.1 Å². The Labute approximate surface area is 169 Å². The number of hydrogen-bond donors (Lipinski definition) is 1. The highest BCUT2D eigenvalue weighted by Gasteiger charge is 2.23. The predicted octanol–water partition coefficient (Wildman–Crippen LogP) is 3.79. The molecule has 0 unspecified atom stereocenters. The first-order chi connectivity index (χ1) is 13.6. The molecule has 0 fully saturated rings. The van der Waals surface area contributed by atoms with Gasteiger partial charge in [-0.15, -0.1) is 21.5 Å². The van der Waals surface area contributed by atoms with Crippen molar-refractivity contribution >= 4 is 33.3 Å². The van der Waals surface area contributed by atoms with Gasteiger partial charge in [-0.25, -0.2) is 4.98 Å². The van der Waals surface area contributed by atoms with Crippen molar-refractivity contribution in [3.05, 3.63) is 45.0 Å². The Kier molecular flexibility index (Phi) is 4.36. The summed E-state index contributed by atoms with van der Waals surface area (Å²) in [5.74, 6) is 3.21. The summed E-state index contributed by atoms with van der Waals surface area (Å²) in [5, 5.41) is 9.96. The summed E-state index contributed by atoms with van der Waals surface area (Å²) in [6, 6.07) is 3.67. The van der Waals surface area contributed by atoms with Gasteiger partial charge in [0.05, 0.1) is 17.4 Å². The van der Waals surface area contributed by atoms with Crippen molar-refractivity contribution < 1.29 is 4.42 Å². The van der Waals surface area contributed by atoms with E-state index in [1.807, 2.05) is 23.7 Å². The third-order valence-electron chi connectivity index (χ3n) is 5.13. The van der Waals surface area contributed by atoms with Crippen LogP contribution in [-0.2, 0) is 25.6 Å². The minimum Gasteiger partial charge on any atom is -0.461 e. The van der Waals surface area contributed by atoms with E-state index in [9.17, 15) is 4.79 Å². The number of aromatic amines is 1. The number of hydrogen-bond acceptors (Lipinski definition) is 7. The van der Waals surface area contributed by atoms with Gasteiger partial charge in [0.2, 0.25) is 0 Å². The maximum Gasteiger partial charge on any atom is 0.259 e. The molecule has 1 atom stereocenters. The highest BCUT2D eigenvalue weighted by Crippen LogP contribution is 2.36. The van der Waals surface area contributed by atoms with Gasteiger partial charge in [-0.05, 0) is 42.9 Å². The molecule has 7 nitrogen and oxygen atoms in total. The zero-order valence-electron chi connectivity index (χ0n) is 15.6. The molecule has 0 aromatic carbocycles. The standard InChI is InChI=1S/C19H19N5O2S2/c1-10-5-6-11-13(8-10)28-18-15(11)17(25)20-14(21-18)9-27-19-23-22-16(24(19)2)12-4-3-7-26-12/h3-4,7,10H,5-6,8-9H2,1-2H3,(H,20,21,25)/t10-/m0/s1. The normalized spacial score (nSPS) is 16.6. The van der Waals surface area contributed by atoms with Crippen molar-refractivity contribution in [2.45, 2.75) is 37.1 Å². The molecular formula is C19H19N5O2S2. The van der Waals surface area contributed by atoms with Gasteiger partial charge in [0.25, 0.3) is 5.56 Å². The Bertz CT molecular complexity index is 1210. The van der Waals surface area contributed by atoms with Gasteiger partial charge < -0.3 is 14.0 Å². The van der Waals surface area contributed by atoms with E-state index < -0.39 is 0 Å². The monoisotopic (exact) mass is 413 g/mol. The van der Waals surface area contributed by atoms with Gasteiger partial charge in [-0.2, -0.15) is 0 Å². The fourth-order valence-corrected chi connectivity index (χ4v) is 5.84. The molecule has 4 aromatic rings. The number of fused-ring (bicyclic) bond motifs is 3. The Balaban J connectivity index is 1.41. The Morgan fingerprint density at radius 2 is 2.32 bits per heavy atom. The summed E-state index contributed by atoms with van der Waals surface area (Å²) in [7, 11) is 1.90. The van der Waals surface area contributed by atoms with Crippen LogP contribution in [-0.4, -0.2) is 24.7 Å². The van der Waals surface area contributed by atoms with Crippen molar-refractivity contribution in [1.29, 1.82) is 0 Å². The molecule has 0 amide bonds. The van der Waals surface area contributed by atoms with Gasteiger partial charge in [0.1, 0.15) is 10.7 Å². The topological polar surface area (TPSA) is 89.6 Å². The van der Waals surface area contributed by atoms with Crippen LogP contribution in [0, 0.1) is 5.92 Å². The highest BCUT2D eigenvalue weighted by molar-refractivity contribution is 7.98. The molecule has 4 aromatic heterocycles. The molecule has 28 heavy (non-hydrogen) atoms. The van der Waals surface area contributed by atoms with E-state index in [2.05, 4.69) is 22.1 Å². The lowest BCUT2D eigenvalue weighted by atomic mass is 9.89. The van der Waals surface area contributed by atoms with Crippen LogP contribution < -0.4 is 5.56 Å². The lowest BCUT2D eigenvalue weighted by Crippen LogP contribution is -2.14. The van der Waals surface area contributed by atoms with Crippen molar-refractivity contribution in [2.75, 3.05) is 0 Å². The van der Waals surface area contributed by atoms with Crippen LogP contribution in [0.2, 0.25) is 0 Å². The van der Waals surface area contributed by atoms with Crippen LogP contribution in [0.1, 0.15) is 29.6 Å². The second-order valence-corrected chi connectivity index (χ2v) is 9.20. The van der Waals surface area contributed by atoms with Crippen molar-refractivity contribution in [1.82, 2.24) is 24.7 Å². The van der Waals surface area contributed by atoms with Crippen LogP contribution in [0.4, 0.5) is 0 Å². The third-order valence-corrected chi connectivity index (χ3v) is 7.31. The van der Waals surface area contributed by atoms with Gasteiger partial charge in [0.15, 0.2) is 16.7 Å². The lowest BCUT2D eigenvalue weighted by molar-refractivity contribution is 0.509. The van der Waals surface area contributed by atoms with Crippen molar-refractivity contribution in [2.24, 2.45) is 13.0 Å². The zero-order chi connectivity index (χ0) is 19.3. The average molecular weight is 414 g/mol. The number of aryl methyl sites for hydroxylation is 1. The molecular weight excluding hydrogens is 394 g/mol. The van der Waals surface area contributed by atoms with Gasteiger partial charge in [-0.3, -0.25) is 4.79 Å². The largest absolute Gasteiger partial charge is 0.461 e. The zero-order valence-corrected chi connectivity index (χ0v) is 17.2. The smallest absolute Gasteiger partial charge is 0.259 e. The summed E-state index contributed by atoms with van der Waals surface area (Å²) in [6.07, 6.45) is 4.78. The number of nitrogens with one attached hydrogen (secondary N) is 1. The summed E-state index contributed by atoms with van der Waals surface area (Å²) in [6.45, 7) is 2.27. The van der Waals surface area contributed by atoms with Crippen molar-refractivity contribution in [3.63, 3.8) is 0 Å². The van der Waals surface area contributed by atoms with Crippen LogP contribution in [0.5, 0.6) is 0 Å². The van der Waals surface area contributed by atoms with Crippen LogP contribution in [0.25, 0.3) is 21.8 Å². The van der Waals surface area contributed by atoms with Gasteiger partial charge in [0, 0.05) is 11.9 Å². The second-order valence-electron chi connectivity index (χ2n) is 7.18. The summed E-state index contributed by atoms with van der Waals surface area (Å²) < 4.78 is 7.28. The van der Waals surface area contributed by atoms with E-state index in [0.717, 1.165) is 34.6 Å². The summed E-state index contributed by atoms with van der Waals surface area (Å²) in [5.41, 5.74) is 1.18. The van der Waals surface area contributed by atoms with E-state index in [1.54, 1.807) is 17.6 Å². The maximum atomic E-state index is 12.7. The molecule has 0 saturated heterocycles. The fraction of sp³-hybridized carbons (Fsp3) is 0.368. The molecule has 0 aliphatic heterocycles. The Hall–Kier alpha value is -2.39. The fourth-order valence-electron chi connectivity index (χ4n) is 3.66. The maximum absolute atomic E-state index is 12.7. The molecule has 0 saturated carbocycles. The van der Waals surface area contributed by atoms with E-state index >= 15 is 0 Å². The van der Waals surface area contributed by atoms with Crippen LogP contribution in [0.15, 0.2) is 32.8 Å². The summed E-state index contributed by atoms with van der Waals surface area (Å²) >= 11 is 3.16. The molecule has 144 valence electrons. The van der Waals surface area contributed by atoms with Gasteiger partial charge in [-0.1, -0.05) is 18.7 Å². The number of rotatable bonds is 4.